The van der Waals surface area contributed by atoms with Crippen LogP contribution in [0.5, 0.6) is 0 Å². The van der Waals surface area contributed by atoms with Gasteiger partial charge in [-0.2, -0.15) is 0 Å². The molecule has 0 spiro atoms. The van der Waals surface area contributed by atoms with Crippen LogP contribution in [0.1, 0.15) is 18.4 Å². The number of rotatable bonds is 5. The molecule has 88 valence electrons. The first kappa shape index (κ1) is 13.0. The van der Waals surface area contributed by atoms with Crippen molar-refractivity contribution in [3.63, 3.8) is 0 Å². The van der Waals surface area contributed by atoms with Crippen LogP contribution in [0, 0.1) is 0 Å². The molecule has 1 aliphatic rings. The highest BCUT2D eigenvalue weighted by Crippen LogP contribution is 2.27. The second-order valence-corrected chi connectivity index (χ2v) is 4.02. The Hall–Kier alpha value is -1.06. The van der Waals surface area contributed by atoms with Gasteiger partial charge in [0.25, 0.3) is 0 Å². The maximum absolute atomic E-state index is 10.7. The van der Waals surface area contributed by atoms with Crippen LogP contribution in [0.25, 0.3) is 0 Å². The van der Waals surface area contributed by atoms with Gasteiger partial charge in [-0.05, 0) is 18.4 Å². The molecule has 3 nitrogen and oxygen atoms in total. The first-order chi connectivity index (χ1) is 7.25. The molecule has 1 saturated carbocycles. The van der Waals surface area contributed by atoms with Crippen LogP contribution in [-0.2, 0) is 11.3 Å². The molecule has 1 N–H and O–H groups in total. The number of carbonyl (C=O) groups is 1. The molecule has 1 aromatic rings. The Morgan fingerprint density at radius 3 is 2.44 bits per heavy atom. The van der Waals surface area contributed by atoms with Crippen molar-refractivity contribution in [1.82, 2.24) is 4.90 Å². The summed E-state index contributed by atoms with van der Waals surface area (Å²) in [6.45, 7) is 0.900. The molecule has 0 aromatic heterocycles. The minimum Gasteiger partial charge on any atom is -0.480 e. The van der Waals surface area contributed by atoms with Crippen LogP contribution in [0.15, 0.2) is 30.3 Å². The lowest BCUT2D eigenvalue weighted by atomic mass is 10.2. The monoisotopic (exact) mass is 241 g/mol. The van der Waals surface area contributed by atoms with E-state index in [4.69, 9.17) is 5.11 Å². The van der Waals surface area contributed by atoms with Crippen molar-refractivity contribution in [3.8, 4) is 0 Å². The van der Waals surface area contributed by atoms with Crippen LogP contribution in [0.2, 0.25) is 0 Å². The molecule has 0 bridgehead atoms. The molecule has 1 aromatic carbocycles. The van der Waals surface area contributed by atoms with E-state index in [0.717, 1.165) is 19.4 Å². The molecule has 1 fully saturated rings. The van der Waals surface area contributed by atoms with Gasteiger partial charge in [-0.25, -0.2) is 0 Å². The number of benzene rings is 1. The largest absolute Gasteiger partial charge is 0.480 e. The van der Waals surface area contributed by atoms with Crippen molar-refractivity contribution < 1.29 is 9.90 Å². The summed E-state index contributed by atoms with van der Waals surface area (Å²) < 4.78 is 0. The summed E-state index contributed by atoms with van der Waals surface area (Å²) in [5, 5.41) is 8.80. The van der Waals surface area contributed by atoms with Gasteiger partial charge in [0.1, 0.15) is 0 Å². The smallest absolute Gasteiger partial charge is 0.317 e. The van der Waals surface area contributed by atoms with Gasteiger partial charge in [0.05, 0.1) is 6.54 Å². The van der Waals surface area contributed by atoms with Crippen LogP contribution >= 0.6 is 12.4 Å². The lowest BCUT2D eigenvalue weighted by Crippen LogP contribution is -2.31. The average Bonchev–Trinajstić information content (AvgIpc) is 3.01. The topological polar surface area (TPSA) is 40.5 Å². The summed E-state index contributed by atoms with van der Waals surface area (Å²) in [6.07, 6.45) is 2.28. The number of hydrogen-bond donors (Lipinski definition) is 1. The van der Waals surface area contributed by atoms with Gasteiger partial charge in [0.2, 0.25) is 0 Å². The molecule has 0 unspecified atom stereocenters. The quantitative estimate of drug-likeness (QED) is 0.859. The lowest BCUT2D eigenvalue weighted by Gasteiger charge is -2.19. The van der Waals surface area contributed by atoms with Gasteiger partial charge < -0.3 is 5.11 Å². The predicted octanol–water partition coefficient (Wildman–Crippen LogP) is 2.16. The van der Waals surface area contributed by atoms with Gasteiger partial charge in [0, 0.05) is 12.6 Å². The van der Waals surface area contributed by atoms with Crippen molar-refractivity contribution in [2.75, 3.05) is 6.54 Å². The van der Waals surface area contributed by atoms with E-state index in [9.17, 15) is 4.79 Å². The van der Waals surface area contributed by atoms with E-state index in [0.29, 0.717) is 6.04 Å². The molecule has 16 heavy (non-hydrogen) atoms. The fraction of sp³-hybridized carbons (Fsp3) is 0.417. The zero-order valence-corrected chi connectivity index (χ0v) is 9.82. The van der Waals surface area contributed by atoms with Crippen molar-refractivity contribution in [2.24, 2.45) is 0 Å². The van der Waals surface area contributed by atoms with E-state index in [2.05, 4.69) is 0 Å². The first-order valence-corrected chi connectivity index (χ1v) is 5.25. The van der Waals surface area contributed by atoms with Gasteiger partial charge in [-0.15, -0.1) is 12.4 Å². The fourth-order valence-corrected chi connectivity index (χ4v) is 1.75. The Morgan fingerprint density at radius 1 is 1.31 bits per heavy atom. The van der Waals surface area contributed by atoms with Crippen LogP contribution < -0.4 is 0 Å². The Kier molecular flexibility index (Phi) is 4.77. The highest BCUT2D eigenvalue weighted by atomic mass is 35.5. The van der Waals surface area contributed by atoms with Gasteiger partial charge in [-0.1, -0.05) is 30.3 Å². The minimum absolute atomic E-state index is 0. The number of carboxylic acids is 1. The van der Waals surface area contributed by atoms with Crippen molar-refractivity contribution in [1.29, 1.82) is 0 Å². The Labute approximate surface area is 101 Å². The van der Waals surface area contributed by atoms with Crippen molar-refractivity contribution in [2.45, 2.75) is 25.4 Å². The van der Waals surface area contributed by atoms with E-state index in [1.807, 2.05) is 35.2 Å². The number of aliphatic carboxylic acids is 1. The van der Waals surface area contributed by atoms with E-state index in [-0.39, 0.29) is 19.0 Å². The normalized spacial score (nSPS) is 14.6. The predicted molar refractivity (Wildman–Crippen MR) is 64.8 cm³/mol. The molecular weight excluding hydrogens is 226 g/mol. The number of nitrogens with zero attached hydrogens (tertiary/aromatic N) is 1. The highest BCUT2D eigenvalue weighted by molar-refractivity contribution is 5.85. The third-order valence-corrected chi connectivity index (χ3v) is 2.63. The summed E-state index contributed by atoms with van der Waals surface area (Å²) in [7, 11) is 0. The Morgan fingerprint density at radius 2 is 1.94 bits per heavy atom. The SMILES string of the molecule is Cl.O=C(O)CN(Cc1ccccc1)C1CC1. The second-order valence-electron chi connectivity index (χ2n) is 4.02. The molecule has 4 heteroatoms. The number of carboxylic acid groups (broad SMARTS) is 1. The molecule has 0 radical (unpaired) electrons. The van der Waals surface area contributed by atoms with Gasteiger partial charge >= 0.3 is 5.97 Å². The summed E-state index contributed by atoms with van der Waals surface area (Å²) in [5.74, 6) is -0.738. The summed E-state index contributed by atoms with van der Waals surface area (Å²) >= 11 is 0. The Balaban J connectivity index is 0.00000128. The van der Waals surface area contributed by atoms with Crippen molar-refractivity contribution in [3.05, 3.63) is 35.9 Å². The van der Waals surface area contributed by atoms with E-state index >= 15 is 0 Å². The fourth-order valence-electron chi connectivity index (χ4n) is 1.75. The van der Waals surface area contributed by atoms with Crippen molar-refractivity contribution >= 4 is 18.4 Å². The third kappa shape index (κ3) is 3.83. The number of hydrogen-bond acceptors (Lipinski definition) is 2. The maximum Gasteiger partial charge on any atom is 0.317 e. The molecule has 1 aliphatic carbocycles. The third-order valence-electron chi connectivity index (χ3n) is 2.63. The van der Waals surface area contributed by atoms with E-state index < -0.39 is 5.97 Å². The zero-order valence-electron chi connectivity index (χ0n) is 9.00. The van der Waals surface area contributed by atoms with Crippen LogP contribution in [0.3, 0.4) is 0 Å². The van der Waals surface area contributed by atoms with Crippen LogP contribution in [0.4, 0.5) is 0 Å². The average molecular weight is 242 g/mol. The van der Waals surface area contributed by atoms with Gasteiger partial charge in [-0.3, -0.25) is 9.69 Å². The van der Waals surface area contributed by atoms with Gasteiger partial charge in [0.15, 0.2) is 0 Å². The second kappa shape index (κ2) is 5.87. The highest BCUT2D eigenvalue weighted by Gasteiger charge is 2.29. The van der Waals surface area contributed by atoms with E-state index in [1.165, 1.54) is 5.56 Å². The lowest BCUT2D eigenvalue weighted by molar-refractivity contribution is -0.138. The first-order valence-electron chi connectivity index (χ1n) is 5.25. The molecule has 0 atom stereocenters. The minimum atomic E-state index is -0.738. The summed E-state index contributed by atoms with van der Waals surface area (Å²) in [4.78, 5) is 12.7. The molecule has 0 aliphatic heterocycles. The van der Waals surface area contributed by atoms with E-state index in [1.54, 1.807) is 0 Å². The molecule has 0 amide bonds. The molecule has 2 rings (SSSR count). The number of halogens is 1. The molecule has 0 heterocycles. The Bertz CT molecular complexity index is 338. The standard InChI is InChI=1S/C12H15NO2.ClH/c14-12(15)9-13(11-6-7-11)8-10-4-2-1-3-5-10;/h1-5,11H,6-9H2,(H,14,15);1H. The van der Waals surface area contributed by atoms with Crippen LogP contribution in [-0.4, -0.2) is 28.6 Å². The maximum atomic E-state index is 10.7. The molecular formula is C12H16ClNO2. The summed E-state index contributed by atoms with van der Waals surface area (Å²) in [6, 6.07) is 10.5. The molecule has 0 saturated heterocycles. The zero-order chi connectivity index (χ0) is 10.7. The summed E-state index contributed by atoms with van der Waals surface area (Å²) in [5.41, 5.74) is 1.19.